The highest BCUT2D eigenvalue weighted by Crippen LogP contribution is 2.74. The molecule has 3 amide bonds. The Morgan fingerprint density at radius 2 is 1.76 bits per heavy atom. The Kier molecular flexibility index (Phi) is 6.04. The fraction of sp³-hybridized carbons (Fsp3) is 0.333. The molecule has 6 rings (SSSR count). The van der Waals surface area contributed by atoms with Gasteiger partial charge in [-0.1, -0.05) is 6.07 Å². The van der Waals surface area contributed by atoms with E-state index in [2.05, 4.69) is 26.2 Å². The number of carbonyl (C=O) groups excluding carboxylic acids is 3. The summed E-state index contributed by atoms with van der Waals surface area (Å²) in [6.45, 7) is 0.270. The van der Waals surface area contributed by atoms with Gasteiger partial charge in [0.25, 0.3) is 6.20 Å². The Bertz CT molecular complexity index is 1390. The van der Waals surface area contributed by atoms with Gasteiger partial charge >= 0.3 is 24.1 Å². The minimum absolute atomic E-state index is 0.0536. The van der Waals surface area contributed by atoms with Crippen LogP contribution in [0.25, 0.3) is 0 Å². The second-order valence-electron chi connectivity index (χ2n) is 9.50. The van der Waals surface area contributed by atoms with Crippen molar-refractivity contribution in [2.45, 2.75) is 32.0 Å². The first-order valence-corrected chi connectivity index (χ1v) is 11.5. The number of anilines is 3. The Morgan fingerprint density at radius 3 is 2.39 bits per heavy atom. The molecule has 3 saturated carbocycles. The van der Waals surface area contributed by atoms with Crippen LogP contribution in [0.15, 0.2) is 53.3 Å². The predicted octanol–water partition coefficient (Wildman–Crippen LogP) is 3.35. The van der Waals surface area contributed by atoms with Crippen LogP contribution in [0.1, 0.15) is 30.5 Å². The van der Waals surface area contributed by atoms with Crippen molar-refractivity contribution in [1.82, 2.24) is 10.3 Å². The van der Waals surface area contributed by atoms with Crippen molar-refractivity contribution >= 4 is 35.2 Å². The third kappa shape index (κ3) is 4.76. The van der Waals surface area contributed by atoms with E-state index >= 15 is 0 Å². The van der Waals surface area contributed by atoms with Gasteiger partial charge < -0.3 is 15.4 Å². The van der Waals surface area contributed by atoms with E-state index in [-0.39, 0.29) is 43.1 Å². The number of hydrogen-bond donors (Lipinski definition) is 3. The highest BCUT2D eigenvalue weighted by Gasteiger charge is 2.75. The lowest BCUT2D eigenvalue weighted by Crippen LogP contribution is -2.69. The van der Waals surface area contributed by atoms with Crippen molar-refractivity contribution in [1.29, 1.82) is 0 Å². The SMILES string of the molecule is COC(=O)C12CC(C(=O)Nc3cc(NC(=O)Nc4c[n+](Cc5ccccn5)no4)cc(C(F)(F)F)c3)(C1)C2. The number of rotatable bonds is 7. The zero-order chi connectivity index (χ0) is 27.1. The molecule has 3 N–H and O–H groups in total. The standard InChI is InChI=1S/C24H21F3N6O5/c1-37-20(35)23-11-22(12-23,13-23)19(34)29-16-6-14(24(25,26)27)7-17(8-16)30-21(36)31-18-10-33(32-38-18)9-15-4-2-3-5-28-15/h2-8,10H,9,11-13H2,1H3,(H2-,29,30,31,32,34,36)/p+1. The maximum absolute atomic E-state index is 13.5. The highest BCUT2D eigenvalue weighted by atomic mass is 19.4. The molecule has 3 aromatic rings. The van der Waals surface area contributed by atoms with Crippen LogP contribution in [0.5, 0.6) is 0 Å². The zero-order valence-electron chi connectivity index (χ0n) is 20.0. The topological polar surface area (TPSA) is 139 Å². The van der Waals surface area contributed by atoms with Gasteiger partial charge in [0, 0.05) is 17.6 Å². The molecule has 0 radical (unpaired) electrons. The summed E-state index contributed by atoms with van der Waals surface area (Å²) >= 11 is 0. The van der Waals surface area contributed by atoms with Gasteiger partial charge in [0.1, 0.15) is 5.69 Å². The molecule has 38 heavy (non-hydrogen) atoms. The van der Waals surface area contributed by atoms with Crippen molar-refractivity contribution in [3.8, 4) is 0 Å². The van der Waals surface area contributed by atoms with E-state index in [9.17, 15) is 27.6 Å². The molecule has 1 aromatic carbocycles. The number of benzene rings is 1. The fourth-order valence-electron chi connectivity index (χ4n) is 5.00. The number of nitrogens with one attached hydrogen (secondary N) is 3. The summed E-state index contributed by atoms with van der Waals surface area (Å²) in [7, 11) is 1.27. The summed E-state index contributed by atoms with van der Waals surface area (Å²) in [4.78, 5) is 41.3. The third-order valence-corrected chi connectivity index (χ3v) is 6.70. The van der Waals surface area contributed by atoms with E-state index in [4.69, 9.17) is 9.26 Å². The summed E-state index contributed by atoms with van der Waals surface area (Å²) in [5, 5.41) is 10.9. The van der Waals surface area contributed by atoms with Gasteiger partial charge in [-0.3, -0.25) is 24.4 Å². The average molecular weight is 531 g/mol. The largest absolute Gasteiger partial charge is 0.469 e. The first-order valence-electron chi connectivity index (χ1n) is 11.5. The van der Waals surface area contributed by atoms with E-state index in [0.29, 0.717) is 5.69 Å². The molecule has 2 heterocycles. The second kappa shape index (κ2) is 9.11. The van der Waals surface area contributed by atoms with Gasteiger partial charge in [-0.15, -0.1) is 0 Å². The molecule has 198 valence electrons. The number of amides is 3. The minimum Gasteiger partial charge on any atom is -0.469 e. The van der Waals surface area contributed by atoms with Gasteiger partial charge in [-0.2, -0.15) is 13.2 Å². The maximum Gasteiger partial charge on any atom is 0.416 e. The monoisotopic (exact) mass is 531 g/mol. The quantitative estimate of drug-likeness (QED) is 0.314. The fourth-order valence-corrected chi connectivity index (χ4v) is 5.00. The summed E-state index contributed by atoms with van der Waals surface area (Å²) in [5.74, 6) is -0.933. The minimum atomic E-state index is -4.74. The van der Waals surface area contributed by atoms with Crippen molar-refractivity contribution in [3.63, 3.8) is 0 Å². The normalized spacial score (nSPS) is 21.5. The van der Waals surface area contributed by atoms with E-state index in [1.54, 1.807) is 24.4 Å². The Balaban J connectivity index is 1.25. The van der Waals surface area contributed by atoms with Gasteiger partial charge in [0.05, 0.1) is 23.5 Å². The number of urea groups is 1. The van der Waals surface area contributed by atoms with Gasteiger partial charge in [0.15, 0.2) is 0 Å². The van der Waals surface area contributed by atoms with Gasteiger partial charge in [0.2, 0.25) is 17.7 Å². The van der Waals surface area contributed by atoms with Crippen LogP contribution in [0.4, 0.5) is 35.2 Å². The number of methoxy groups -OCH3 is 1. The number of hydrogen-bond acceptors (Lipinski definition) is 7. The molecule has 3 aliphatic rings. The Hall–Kier alpha value is -4.49. The number of ether oxygens (including phenoxy) is 1. The molecule has 14 heteroatoms. The molecular weight excluding hydrogens is 509 g/mol. The number of aromatic nitrogens is 3. The molecule has 0 saturated heterocycles. The van der Waals surface area contributed by atoms with Crippen LogP contribution < -0.4 is 20.6 Å². The number of halogens is 3. The van der Waals surface area contributed by atoms with Crippen LogP contribution in [-0.2, 0) is 27.0 Å². The van der Waals surface area contributed by atoms with E-state index in [1.807, 2.05) is 0 Å². The third-order valence-electron chi connectivity index (χ3n) is 6.70. The highest BCUT2D eigenvalue weighted by molar-refractivity contribution is 6.02. The van der Waals surface area contributed by atoms with Gasteiger partial charge in [-0.05, 0) is 54.3 Å². The number of alkyl halides is 3. The average Bonchev–Trinajstić information content (AvgIpc) is 3.23. The van der Waals surface area contributed by atoms with Crippen LogP contribution >= 0.6 is 0 Å². The van der Waals surface area contributed by atoms with Crippen molar-refractivity contribution < 1.29 is 41.5 Å². The van der Waals surface area contributed by atoms with E-state index < -0.39 is 40.5 Å². The molecule has 0 spiro atoms. The van der Waals surface area contributed by atoms with Crippen LogP contribution in [0, 0.1) is 10.8 Å². The smallest absolute Gasteiger partial charge is 0.416 e. The molecule has 3 fully saturated rings. The molecule has 0 aliphatic heterocycles. The molecule has 3 aliphatic carbocycles. The summed E-state index contributed by atoms with van der Waals surface area (Å²) in [5.41, 5.74) is -2.23. The zero-order valence-corrected chi connectivity index (χ0v) is 20.0. The number of carbonyl (C=O) groups is 3. The van der Waals surface area contributed by atoms with Gasteiger partial charge in [-0.25, -0.2) is 4.79 Å². The van der Waals surface area contributed by atoms with Crippen molar-refractivity contribution in [3.05, 3.63) is 60.0 Å². The first-order chi connectivity index (χ1) is 18.0. The van der Waals surface area contributed by atoms with E-state index in [0.717, 1.165) is 12.1 Å². The molecule has 11 nitrogen and oxygen atoms in total. The first kappa shape index (κ1) is 25.2. The molecule has 2 aromatic heterocycles. The summed E-state index contributed by atoms with van der Waals surface area (Å²) in [6, 6.07) is 7.17. The number of nitrogens with zero attached hydrogens (tertiary/aromatic N) is 3. The summed E-state index contributed by atoms with van der Waals surface area (Å²) < 4.78 is 51.8. The molecular formula is C24H22F3N6O5+. The number of pyridine rings is 1. The van der Waals surface area contributed by atoms with Crippen molar-refractivity contribution in [2.75, 3.05) is 23.1 Å². The lowest BCUT2D eigenvalue weighted by Gasteiger charge is -2.66. The maximum atomic E-state index is 13.5. The van der Waals surface area contributed by atoms with E-state index in [1.165, 1.54) is 24.1 Å². The van der Waals surface area contributed by atoms with Crippen molar-refractivity contribution in [2.24, 2.45) is 10.8 Å². The Labute approximate surface area is 213 Å². The number of esters is 1. The molecule has 0 atom stereocenters. The van der Waals surface area contributed by atoms with Crippen LogP contribution in [0.3, 0.4) is 0 Å². The Morgan fingerprint density at radius 1 is 1.05 bits per heavy atom. The second-order valence-corrected chi connectivity index (χ2v) is 9.50. The molecule has 0 unspecified atom stereocenters. The predicted molar refractivity (Wildman–Crippen MR) is 123 cm³/mol. The van der Waals surface area contributed by atoms with Crippen LogP contribution in [0.2, 0.25) is 0 Å². The summed E-state index contributed by atoms with van der Waals surface area (Å²) in [6.07, 6.45) is -0.896. The lowest BCUT2D eigenvalue weighted by atomic mass is 9.35. The van der Waals surface area contributed by atoms with Crippen LogP contribution in [-0.4, -0.2) is 35.3 Å². The molecule has 2 bridgehead atoms. The lowest BCUT2D eigenvalue weighted by molar-refractivity contribution is -0.755.